The van der Waals surface area contributed by atoms with Crippen LogP contribution in [0.3, 0.4) is 0 Å². The van der Waals surface area contributed by atoms with Crippen LogP contribution < -0.4 is 5.32 Å². The number of carboxylic acid groups (broad SMARTS) is 1. The second kappa shape index (κ2) is 8.27. The van der Waals surface area contributed by atoms with Gasteiger partial charge in [-0.15, -0.1) is 5.10 Å². The van der Waals surface area contributed by atoms with E-state index < -0.39 is 5.97 Å². The summed E-state index contributed by atoms with van der Waals surface area (Å²) in [5.41, 5.74) is 5.17. The van der Waals surface area contributed by atoms with Crippen LogP contribution >= 0.6 is 11.8 Å². The summed E-state index contributed by atoms with van der Waals surface area (Å²) in [6.07, 6.45) is 2.23. The number of carbonyl (C=O) groups excluding carboxylic acids is 1. The maximum Gasteiger partial charge on any atom is 0.335 e. The summed E-state index contributed by atoms with van der Waals surface area (Å²) in [6, 6.07) is 14.6. The van der Waals surface area contributed by atoms with E-state index in [1.54, 1.807) is 24.3 Å². The second-order valence-corrected chi connectivity index (χ2v) is 8.95. The van der Waals surface area contributed by atoms with Gasteiger partial charge in [0.05, 0.1) is 5.56 Å². The highest BCUT2D eigenvalue weighted by Gasteiger charge is 2.37. The molecule has 0 amide bonds. The molecular weight excluding hydrogens is 424 g/mol. The van der Waals surface area contributed by atoms with E-state index in [1.807, 2.05) is 16.8 Å². The molecule has 32 heavy (non-hydrogen) atoms. The molecule has 162 valence electrons. The molecule has 0 radical (unpaired) electrons. The van der Waals surface area contributed by atoms with Gasteiger partial charge in [-0.3, -0.25) is 4.79 Å². The lowest BCUT2D eigenvalue weighted by Crippen LogP contribution is -2.31. The number of Topliss-reactive ketones (excluding diaryl/α,β-unsaturated/α-hetero) is 1. The molecule has 3 aromatic rings. The molecule has 8 heteroatoms. The van der Waals surface area contributed by atoms with Gasteiger partial charge in [0, 0.05) is 23.4 Å². The van der Waals surface area contributed by atoms with E-state index in [0.717, 1.165) is 40.8 Å². The Labute approximate surface area is 189 Å². The number of ketones is 1. The Kier molecular flexibility index (Phi) is 5.30. The number of hydrogen-bond acceptors (Lipinski definition) is 6. The van der Waals surface area contributed by atoms with E-state index >= 15 is 0 Å². The minimum Gasteiger partial charge on any atom is -0.478 e. The van der Waals surface area contributed by atoms with E-state index in [-0.39, 0.29) is 17.4 Å². The fraction of sp³-hybridized carbons (Fsp3) is 0.250. The molecule has 0 saturated carbocycles. The van der Waals surface area contributed by atoms with Gasteiger partial charge >= 0.3 is 5.97 Å². The van der Waals surface area contributed by atoms with Crippen LogP contribution in [0.4, 0.5) is 5.95 Å². The highest BCUT2D eigenvalue weighted by atomic mass is 32.2. The first-order valence-corrected chi connectivity index (χ1v) is 11.5. The van der Waals surface area contributed by atoms with Crippen LogP contribution in [0.25, 0.3) is 0 Å². The molecule has 1 aliphatic heterocycles. The average molecular weight is 447 g/mol. The first-order chi connectivity index (χ1) is 15.5. The minimum absolute atomic E-state index is 0.167. The normalized spacial score (nSPS) is 17.5. The minimum atomic E-state index is -0.938. The lowest BCUT2D eigenvalue weighted by molar-refractivity contribution is -0.116. The Bertz CT molecular complexity index is 1250. The third kappa shape index (κ3) is 3.71. The predicted molar refractivity (Wildman–Crippen MR) is 122 cm³/mol. The standard InChI is InChI=1S/C24H22N4O3S/c1-14-5-2-3-6-17(14)21-20-18(7-4-8-19(20)29)25-23-26-24(27-28(21)23)32-13-15-9-11-16(12-10-15)22(30)31/h2-3,5-6,9-12,21H,4,7-8,13H2,1H3,(H,30,31)(H,25,26,27). The number of aromatic nitrogens is 3. The number of hydrogen-bond donors (Lipinski definition) is 2. The lowest BCUT2D eigenvalue weighted by Gasteiger charge is -2.32. The topological polar surface area (TPSA) is 97.1 Å². The molecule has 0 fully saturated rings. The van der Waals surface area contributed by atoms with Gasteiger partial charge in [0.25, 0.3) is 0 Å². The number of aromatic carboxylic acids is 1. The van der Waals surface area contributed by atoms with Gasteiger partial charge in [0.15, 0.2) is 5.78 Å². The van der Waals surface area contributed by atoms with Crippen molar-refractivity contribution in [2.45, 2.75) is 43.1 Å². The van der Waals surface area contributed by atoms with Crippen molar-refractivity contribution < 1.29 is 14.7 Å². The van der Waals surface area contributed by atoms with Crippen LogP contribution in [-0.4, -0.2) is 31.6 Å². The van der Waals surface area contributed by atoms with Gasteiger partial charge in [0.2, 0.25) is 11.1 Å². The molecule has 0 saturated heterocycles. The largest absolute Gasteiger partial charge is 0.478 e. The Morgan fingerprint density at radius 1 is 1.19 bits per heavy atom. The maximum atomic E-state index is 12.9. The molecule has 1 aromatic heterocycles. The van der Waals surface area contributed by atoms with Gasteiger partial charge in [-0.1, -0.05) is 48.2 Å². The van der Waals surface area contributed by atoms with Crippen LogP contribution in [-0.2, 0) is 10.5 Å². The number of aryl methyl sites for hydroxylation is 1. The molecule has 1 atom stereocenters. The number of fused-ring (bicyclic) bond motifs is 1. The monoisotopic (exact) mass is 446 g/mol. The molecule has 7 nitrogen and oxygen atoms in total. The number of carbonyl (C=O) groups is 2. The number of rotatable bonds is 5. The Morgan fingerprint density at radius 2 is 1.97 bits per heavy atom. The first-order valence-electron chi connectivity index (χ1n) is 10.5. The number of thioether (sulfide) groups is 1. The van der Waals surface area contributed by atoms with Crippen molar-refractivity contribution in [2.24, 2.45) is 0 Å². The lowest BCUT2D eigenvalue weighted by atomic mass is 9.84. The molecule has 5 rings (SSSR count). The zero-order chi connectivity index (χ0) is 22.2. The SMILES string of the molecule is Cc1ccccc1C1C2=C(CCCC2=O)Nc2nc(SCc3ccc(C(=O)O)cc3)nn21. The molecule has 2 aromatic carbocycles. The van der Waals surface area contributed by atoms with E-state index in [2.05, 4.69) is 24.4 Å². The maximum absolute atomic E-state index is 12.9. The molecule has 0 bridgehead atoms. The summed E-state index contributed by atoms with van der Waals surface area (Å²) >= 11 is 1.48. The van der Waals surface area contributed by atoms with Crippen molar-refractivity contribution in [3.05, 3.63) is 82.1 Å². The zero-order valence-corrected chi connectivity index (χ0v) is 18.4. The zero-order valence-electron chi connectivity index (χ0n) is 17.5. The molecule has 2 heterocycles. The molecular formula is C24H22N4O3S. The number of allylic oxidation sites excluding steroid dienone is 2. The van der Waals surface area contributed by atoms with Crippen molar-refractivity contribution in [2.75, 3.05) is 5.32 Å². The van der Waals surface area contributed by atoms with Crippen molar-refractivity contribution in [3.8, 4) is 0 Å². The summed E-state index contributed by atoms with van der Waals surface area (Å²) in [4.78, 5) is 28.7. The van der Waals surface area contributed by atoms with Crippen molar-refractivity contribution >= 4 is 29.5 Å². The van der Waals surface area contributed by atoms with Crippen molar-refractivity contribution in [1.29, 1.82) is 0 Å². The summed E-state index contributed by atoms with van der Waals surface area (Å²) < 4.78 is 1.83. The quantitative estimate of drug-likeness (QED) is 0.553. The number of anilines is 1. The molecule has 2 N–H and O–H groups in total. The molecule has 2 aliphatic rings. The highest BCUT2D eigenvalue weighted by molar-refractivity contribution is 7.98. The summed E-state index contributed by atoms with van der Waals surface area (Å²) in [7, 11) is 0. The van der Waals surface area contributed by atoms with Gasteiger partial charge < -0.3 is 10.4 Å². The van der Waals surface area contributed by atoms with E-state index in [4.69, 9.17) is 15.2 Å². The van der Waals surface area contributed by atoms with Crippen LogP contribution in [0.5, 0.6) is 0 Å². The molecule has 1 unspecified atom stereocenters. The van der Waals surface area contributed by atoms with Crippen molar-refractivity contribution in [1.82, 2.24) is 14.8 Å². The van der Waals surface area contributed by atoms with Gasteiger partial charge in [-0.2, -0.15) is 4.98 Å². The smallest absolute Gasteiger partial charge is 0.335 e. The Hall–Kier alpha value is -3.39. The van der Waals surface area contributed by atoms with Gasteiger partial charge in [-0.25, -0.2) is 9.48 Å². The fourth-order valence-corrected chi connectivity index (χ4v) is 5.06. The third-order valence-corrected chi connectivity index (χ3v) is 6.81. The van der Waals surface area contributed by atoms with Crippen molar-refractivity contribution in [3.63, 3.8) is 0 Å². The molecule has 0 spiro atoms. The summed E-state index contributed by atoms with van der Waals surface area (Å²) in [5.74, 6) is 0.494. The highest BCUT2D eigenvalue weighted by Crippen LogP contribution is 2.41. The fourth-order valence-electron chi connectivity index (χ4n) is 4.27. The third-order valence-electron chi connectivity index (χ3n) is 5.90. The van der Waals surface area contributed by atoms with E-state index in [9.17, 15) is 9.59 Å². The number of carboxylic acids is 1. The second-order valence-electron chi connectivity index (χ2n) is 8.01. The summed E-state index contributed by atoms with van der Waals surface area (Å²) in [5, 5.41) is 17.8. The molecule has 1 aliphatic carbocycles. The van der Waals surface area contributed by atoms with Crippen LogP contribution in [0.2, 0.25) is 0 Å². The van der Waals surface area contributed by atoms with E-state index in [0.29, 0.717) is 23.3 Å². The Morgan fingerprint density at radius 3 is 2.72 bits per heavy atom. The number of nitrogens with zero attached hydrogens (tertiary/aromatic N) is 3. The first kappa shape index (κ1) is 20.5. The summed E-state index contributed by atoms with van der Waals surface area (Å²) in [6.45, 7) is 2.05. The predicted octanol–water partition coefficient (Wildman–Crippen LogP) is 4.60. The van der Waals surface area contributed by atoms with Crippen LogP contribution in [0.1, 0.15) is 52.4 Å². The number of benzene rings is 2. The van der Waals surface area contributed by atoms with Gasteiger partial charge in [-0.05, 0) is 48.6 Å². The van der Waals surface area contributed by atoms with Gasteiger partial charge in [0.1, 0.15) is 6.04 Å². The van der Waals surface area contributed by atoms with E-state index in [1.165, 1.54) is 11.8 Å². The Balaban J connectivity index is 1.46. The average Bonchev–Trinajstić information content (AvgIpc) is 3.20. The van der Waals surface area contributed by atoms with Crippen LogP contribution in [0.15, 0.2) is 65.0 Å². The number of nitrogens with one attached hydrogen (secondary N) is 1. The van der Waals surface area contributed by atoms with Crippen LogP contribution in [0, 0.1) is 6.92 Å².